The molecule has 0 unspecified atom stereocenters. The topological polar surface area (TPSA) is 50.2 Å². The smallest absolute Gasteiger partial charge is 0.351 e. The van der Waals surface area contributed by atoms with E-state index in [1.807, 2.05) is 4.90 Å². The lowest BCUT2D eigenvalue weighted by Gasteiger charge is -2.13. The first kappa shape index (κ1) is 17.0. The fraction of sp³-hybridized carbons (Fsp3) is 0.333. The molecule has 0 atom stereocenters. The standard InChI is InChI=1S/C15H17F3N4O/c1-21(2)9-8-19-14(23)12-10-20-22(13(12)15(16,17)18)11-6-4-3-5-7-11/h3-7,10H,8-9H2,1-2H3,(H,19,23). The minimum atomic E-state index is -4.69. The molecule has 1 N–H and O–H groups in total. The summed E-state index contributed by atoms with van der Waals surface area (Å²) in [4.78, 5) is 13.9. The van der Waals surface area contributed by atoms with Gasteiger partial charge in [0.2, 0.25) is 0 Å². The Morgan fingerprint density at radius 2 is 1.91 bits per heavy atom. The number of benzene rings is 1. The predicted octanol–water partition coefficient (Wildman–Crippen LogP) is 2.18. The lowest BCUT2D eigenvalue weighted by atomic mass is 10.2. The molecule has 5 nitrogen and oxygen atoms in total. The van der Waals surface area contributed by atoms with Crippen molar-refractivity contribution in [1.82, 2.24) is 20.0 Å². The van der Waals surface area contributed by atoms with Gasteiger partial charge in [0.05, 0.1) is 17.4 Å². The number of carbonyl (C=O) groups excluding carboxylic acids is 1. The summed E-state index contributed by atoms with van der Waals surface area (Å²) in [5.41, 5.74) is -1.32. The highest BCUT2D eigenvalue weighted by Crippen LogP contribution is 2.33. The summed E-state index contributed by atoms with van der Waals surface area (Å²) in [6.45, 7) is 0.777. The van der Waals surface area contributed by atoms with Crippen LogP contribution in [0.5, 0.6) is 0 Å². The zero-order valence-electron chi connectivity index (χ0n) is 12.8. The van der Waals surface area contributed by atoms with E-state index < -0.39 is 23.3 Å². The van der Waals surface area contributed by atoms with Gasteiger partial charge >= 0.3 is 6.18 Å². The largest absolute Gasteiger partial charge is 0.434 e. The highest BCUT2D eigenvalue weighted by molar-refractivity contribution is 5.95. The molecule has 0 aliphatic carbocycles. The number of amides is 1. The number of nitrogens with one attached hydrogen (secondary N) is 1. The summed E-state index contributed by atoms with van der Waals surface area (Å²) in [6.07, 6.45) is -3.75. The van der Waals surface area contributed by atoms with Gasteiger partial charge in [0.25, 0.3) is 5.91 Å². The average molecular weight is 326 g/mol. The maximum absolute atomic E-state index is 13.4. The van der Waals surface area contributed by atoms with Crippen LogP contribution in [0.25, 0.3) is 5.69 Å². The second-order valence-corrected chi connectivity index (χ2v) is 5.21. The van der Waals surface area contributed by atoms with E-state index in [-0.39, 0.29) is 12.2 Å². The number of rotatable bonds is 5. The Bertz CT molecular complexity index is 665. The van der Waals surface area contributed by atoms with Gasteiger partial charge < -0.3 is 10.2 Å². The van der Waals surface area contributed by atoms with Crippen LogP contribution in [-0.4, -0.2) is 47.8 Å². The Morgan fingerprint density at radius 3 is 2.48 bits per heavy atom. The van der Waals surface area contributed by atoms with Crippen LogP contribution in [0.15, 0.2) is 36.5 Å². The number of hydrogen-bond acceptors (Lipinski definition) is 3. The fourth-order valence-electron chi connectivity index (χ4n) is 2.04. The predicted molar refractivity (Wildman–Crippen MR) is 79.5 cm³/mol. The summed E-state index contributed by atoms with van der Waals surface area (Å²) in [6, 6.07) is 7.89. The van der Waals surface area contributed by atoms with Crippen molar-refractivity contribution in [3.8, 4) is 5.69 Å². The van der Waals surface area contributed by atoms with Crippen LogP contribution in [0, 0.1) is 0 Å². The number of carbonyl (C=O) groups is 1. The number of halogens is 3. The summed E-state index contributed by atoms with van der Waals surface area (Å²) in [7, 11) is 3.61. The number of alkyl halides is 3. The minimum absolute atomic E-state index is 0.243. The average Bonchev–Trinajstić information content (AvgIpc) is 2.92. The lowest BCUT2D eigenvalue weighted by molar-refractivity contribution is -0.143. The summed E-state index contributed by atoms with van der Waals surface area (Å²) >= 11 is 0. The van der Waals surface area contributed by atoms with Gasteiger partial charge in [-0.2, -0.15) is 18.3 Å². The van der Waals surface area contributed by atoms with E-state index in [4.69, 9.17) is 0 Å². The lowest BCUT2D eigenvalue weighted by Crippen LogP contribution is -2.32. The molecule has 0 saturated heterocycles. The number of nitrogens with zero attached hydrogens (tertiary/aromatic N) is 3. The third-order valence-corrected chi connectivity index (χ3v) is 3.13. The van der Waals surface area contributed by atoms with E-state index in [2.05, 4.69) is 10.4 Å². The molecule has 2 rings (SSSR count). The first-order valence-electron chi connectivity index (χ1n) is 6.94. The Morgan fingerprint density at radius 1 is 1.26 bits per heavy atom. The quantitative estimate of drug-likeness (QED) is 0.916. The fourth-order valence-corrected chi connectivity index (χ4v) is 2.04. The van der Waals surface area contributed by atoms with Crippen LogP contribution in [0.2, 0.25) is 0 Å². The van der Waals surface area contributed by atoms with E-state index in [1.54, 1.807) is 32.3 Å². The van der Waals surface area contributed by atoms with Crippen LogP contribution in [0.4, 0.5) is 13.2 Å². The third kappa shape index (κ3) is 4.10. The first-order valence-corrected chi connectivity index (χ1v) is 6.94. The number of para-hydroxylation sites is 1. The second-order valence-electron chi connectivity index (χ2n) is 5.21. The van der Waals surface area contributed by atoms with Gasteiger partial charge in [-0.25, -0.2) is 4.68 Å². The molecule has 0 saturated carbocycles. The zero-order valence-corrected chi connectivity index (χ0v) is 12.8. The molecule has 8 heteroatoms. The molecule has 2 aromatic rings. The molecule has 0 bridgehead atoms. The van der Waals surface area contributed by atoms with Crippen molar-refractivity contribution >= 4 is 5.91 Å². The molecule has 0 fully saturated rings. The highest BCUT2D eigenvalue weighted by atomic mass is 19.4. The van der Waals surface area contributed by atoms with Crippen molar-refractivity contribution in [1.29, 1.82) is 0 Å². The summed E-state index contributed by atoms with van der Waals surface area (Å²) in [5.74, 6) is -0.790. The summed E-state index contributed by atoms with van der Waals surface area (Å²) in [5, 5.41) is 6.22. The van der Waals surface area contributed by atoms with Gasteiger partial charge in [0.1, 0.15) is 0 Å². The van der Waals surface area contributed by atoms with Gasteiger partial charge in [-0.3, -0.25) is 4.79 Å². The Hall–Kier alpha value is -2.35. The third-order valence-electron chi connectivity index (χ3n) is 3.13. The van der Waals surface area contributed by atoms with E-state index in [0.29, 0.717) is 6.54 Å². The first-order chi connectivity index (χ1) is 10.8. The van der Waals surface area contributed by atoms with Crippen molar-refractivity contribution < 1.29 is 18.0 Å². The zero-order chi connectivity index (χ0) is 17.0. The second kappa shape index (κ2) is 6.82. The van der Waals surface area contributed by atoms with E-state index in [9.17, 15) is 18.0 Å². The Balaban J connectivity index is 2.34. The maximum Gasteiger partial charge on any atom is 0.434 e. The van der Waals surface area contributed by atoms with Gasteiger partial charge in [0.15, 0.2) is 5.69 Å². The van der Waals surface area contributed by atoms with Crippen molar-refractivity contribution in [2.45, 2.75) is 6.18 Å². The van der Waals surface area contributed by atoms with Crippen LogP contribution in [0.1, 0.15) is 16.1 Å². The van der Waals surface area contributed by atoms with Crippen molar-refractivity contribution in [2.24, 2.45) is 0 Å². The minimum Gasteiger partial charge on any atom is -0.351 e. The maximum atomic E-state index is 13.4. The molecule has 0 aliphatic heterocycles. The molecule has 1 aromatic carbocycles. The van der Waals surface area contributed by atoms with Gasteiger partial charge in [0, 0.05) is 13.1 Å². The van der Waals surface area contributed by atoms with Gasteiger partial charge in [-0.1, -0.05) is 18.2 Å². The van der Waals surface area contributed by atoms with Crippen LogP contribution in [-0.2, 0) is 6.18 Å². The number of likely N-dealkylation sites (N-methyl/N-ethyl adjacent to an activating group) is 1. The molecule has 0 radical (unpaired) electrons. The van der Waals surface area contributed by atoms with Crippen LogP contribution in [0.3, 0.4) is 0 Å². The van der Waals surface area contributed by atoms with Crippen LogP contribution >= 0.6 is 0 Å². The molecule has 1 aromatic heterocycles. The van der Waals surface area contributed by atoms with Gasteiger partial charge in [-0.15, -0.1) is 0 Å². The van der Waals surface area contributed by atoms with Crippen molar-refractivity contribution in [3.05, 3.63) is 47.8 Å². The molecule has 0 aliphatic rings. The molecule has 1 heterocycles. The number of hydrogen-bond donors (Lipinski definition) is 1. The molecular weight excluding hydrogens is 309 g/mol. The monoisotopic (exact) mass is 326 g/mol. The SMILES string of the molecule is CN(C)CCNC(=O)c1cnn(-c2ccccc2)c1C(F)(F)F. The van der Waals surface area contributed by atoms with E-state index in [0.717, 1.165) is 10.9 Å². The van der Waals surface area contributed by atoms with E-state index >= 15 is 0 Å². The van der Waals surface area contributed by atoms with Crippen LogP contribution < -0.4 is 5.32 Å². The van der Waals surface area contributed by atoms with Gasteiger partial charge in [-0.05, 0) is 26.2 Å². The molecule has 124 valence electrons. The normalized spacial score (nSPS) is 11.7. The Labute approximate surface area is 131 Å². The molecule has 1 amide bonds. The van der Waals surface area contributed by atoms with Crippen molar-refractivity contribution in [3.63, 3.8) is 0 Å². The number of aromatic nitrogens is 2. The highest BCUT2D eigenvalue weighted by Gasteiger charge is 2.40. The van der Waals surface area contributed by atoms with E-state index in [1.165, 1.54) is 12.1 Å². The summed E-state index contributed by atoms with van der Waals surface area (Å²) < 4.78 is 40.9. The molecular formula is C15H17F3N4O. The van der Waals surface area contributed by atoms with Crippen molar-refractivity contribution in [2.75, 3.05) is 27.2 Å². The molecule has 0 spiro atoms. The Kier molecular flexibility index (Phi) is 5.05. The molecule has 23 heavy (non-hydrogen) atoms.